The SMILES string of the molecule is C=Cc1ccc(CC/C(O)=C/C(C)=O)cc1.[Ir].[c-]1ccccc1-c1ccccn1. The van der Waals surface area contributed by atoms with Crippen molar-refractivity contribution < 1.29 is 30.0 Å². The number of carbonyl (C=O) groups excluding carboxylic acids is 1. The number of pyridine rings is 1. The van der Waals surface area contributed by atoms with Crippen molar-refractivity contribution in [2.75, 3.05) is 0 Å². The van der Waals surface area contributed by atoms with Crippen molar-refractivity contribution in [3.8, 4) is 11.3 Å². The zero-order chi connectivity index (χ0) is 20.2. The maximum Gasteiger partial charge on any atom is 0.155 e. The summed E-state index contributed by atoms with van der Waals surface area (Å²) in [5.41, 5.74) is 4.22. The molecule has 151 valence electrons. The molecule has 0 saturated carbocycles. The number of nitrogens with zero attached hydrogens (tertiary/aromatic N) is 1. The number of allylic oxidation sites excluding steroid dienone is 2. The van der Waals surface area contributed by atoms with Crippen LogP contribution in [0.2, 0.25) is 0 Å². The number of carbonyl (C=O) groups is 1. The number of benzene rings is 2. The van der Waals surface area contributed by atoms with Gasteiger partial charge in [-0.05, 0) is 36.2 Å². The molecule has 3 rings (SSSR count). The Morgan fingerprint density at radius 2 is 1.83 bits per heavy atom. The van der Waals surface area contributed by atoms with Gasteiger partial charge in [-0.2, -0.15) is 0 Å². The summed E-state index contributed by atoms with van der Waals surface area (Å²) >= 11 is 0. The first-order valence-electron chi connectivity index (χ1n) is 9.08. The Hall–Kier alpha value is -2.81. The summed E-state index contributed by atoms with van der Waals surface area (Å²) in [6, 6.07) is 24.8. The van der Waals surface area contributed by atoms with E-state index in [9.17, 15) is 9.90 Å². The molecule has 29 heavy (non-hydrogen) atoms. The van der Waals surface area contributed by atoms with E-state index in [0.29, 0.717) is 6.42 Å². The van der Waals surface area contributed by atoms with E-state index in [2.05, 4.69) is 17.6 Å². The first-order valence-corrected chi connectivity index (χ1v) is 9.08. The number of hydrogen-bond donors (Lipinski definition) is 1. The Kier molecular flexibility index (Phi) is 11.2. The van der Waals surface area contributed by atoms with Crippen LogP contribution >= 0.6 is 0 Å². The molecular formula is C25H24IrNO2-. The summed E-state index contributed by atoms with van der Waals surface area (Å²) in [6.07, 6.45) is 6.06. The molecule has 3 nitrogen and oxygen atoms in total. The molecule has 0 aliphatic carbocycles. The molecule has 2 aromatic carbocycles. The van der Waals surface area contributed by atoms with E-state index >= 15 is 0 Å². The van der Waals surface area contributed by atoms with E-state index in [1.807, 2.05) is 66.7 Å². The fourth-order valence-corrected chi connectivity index (χ4v) is 2.47. The fraction of sp³-hybridized carbons (Fsp3) is 0.120. The largest absolute Gasteiger partial charge is 0.512 e. The molecule has 1 aromatic heterocycles. The maximum atomic E-state index is 10.7. The smallest absolute Gasteiger partial charge is 0.155 e. The molecule has 0 bridgehead atoms. The van der Waals surface area contributed by atoms with Crippen LogP contribution in [0.25, 0.3) is 17.3 Å². The van der Waals surface area contributed by atoms with Crippen LogP contribution in [0.3, 0.4) is 0 Å². The average molecular weight is 563 g/mol. The average Bonchev–Trinajstić information content (AvgIpc) is 2.74. The fourth-order valence-electron chi connectivity index (χ4n) is 2.47. The van der Waals surface area contributed by atoms with Gasteiger partial charge in [-0.25, -0.2) is 0 Å². The molecule has 0 aliphatic rings. The van der Waals surface area contributed by atoms with Crippen molar-refractivity contribution in [2.45, 2.75) is 19.8 Å². The molecule has 1 N–H and O–H groups in total. The second-order valence-corrected chi connectivity index (χ2v) is 6.18. The normalized spacial score (nSPS) is 10.2. The van der Waals surface area contributed by atoms with E-state index in [0.717, 1.165) is 28.8 Å². The van der Waals surface area contributed by atoms with Crippen molar-refractivity contribution in [1.29, 1.82) is 0 Å². The van der Waals surface area contributed by atoms with Crippen molar-refractivity contribution in [2.24, 2.45) is 0 Å². The van der Waals surface area contributed by atoms with Gasteiger partial charge in [0.25, 0.3) is 0 Å². The van der Waals surface area contributed by atoms with Gasteiger partial charge in [0.1, 0.15) is 0 Å². The molecule has 0 amide bonds. The number of aliphatic hydroxyl groups is 1. The summed E-state index contributed by atoms with van der Waals surface area (Å²) in [4.78, 5) is 14.9. The van der Waals surface area contributed by atoms with Crippen molar-refractivity contribution >= 4 is 11.9 Å². The zero-order valence-electron chi connectivity index (χ0n) is 16.3. The van der Waals surface area contributed by atoms with Crippen LogP contribution in [0.15, 0.2) is 91.3 Å². The van der Waals surface area contributed by atoms with E-state index < -0.39 is 0 Å². The summed E-state index contributed by atoms with van der Waals surface area (Å²) in [6.45, 7) is 5.11. The predicted octanol–water partition coefficient (Wildman–Crippen LogP) is 5.84. The third-order valence-electron chi connectivity index (χ3n) is 3.91. The monoisotopic (exact) mass is 563 g/mol. The molecule has 0 saturated heterocycles. The number of hydrogen-bond acceptors (Lipinski definition) is 3. The predicted molar refractivity (Wildman–Crippen MR) is 115 cm³/mol. The van der Waals surface area contributed by atoms with Crippen molar-refractivity contribution in [1.82, 2.24) is 4.98 Å². The van der Waals surface area contributed by atoms with E-state index in [1.54, 1.807) is 12.3 Å². The van der Waals surface area contributed by atoms with Gasteiger partial charge in [-0.3, -0.25) is 4.79 Å². The van der Waals surface area contributed by atoms with E-state index in [-0.39, 0.29) is 31.6 Å². The summed E-state index contributed by atoms with van der Waals surface area (Å²) in [7, 11) is 0. The van der Waals surface area contributed by atoms with Crippen LogP contribution in [-0.2, 0) is 31.3 Å². The Bertz CT molecular complexity index is 867. The minimum absolute atomic E-state index is 0. The first-order chi connectivity index (χ1) is 13.6. The van der Waals surface area contributed by atoms with Gasteiger partial charge in [0.05, 0.1) is 5.76 Å². The van der Waals surface area contributed by atoms with Gasteiger partial charge < -0.3 is 10.1 Å². The van der Waals surface area contributed by atoms with Crippen molar-refractivity contribution in [3.63, 3.8) is 0 Å². The second kappa shape index (κ2) is 13.4. The van der Waals surface area contributed by atoms with E-state index in [1.165, 1.54) is 13.0 Å². The number of rotatable bonds is 6. The maximum absolute atomic E-state index is 10.7. The molecule has 0 unspecified atom stereocenters. The molecule has 0 fully saturated rings. The molecule has 0 spiro atoms. The molecule has 4 heteroatoms. The number of ketones is 1. The molecular weight excluding hydrogens is 538 g/mol. The van der Waals surface area contributed by atoms with Gasteiger partial charge >= 0.3 is 0 Å². The first kappa shape index (κ1) is 24.2. The van der Waals surface area contributed by atoms with Crippen LogP contribution in [0.4, 0.5) is 0 Å². The summed E-state index contributed by atoms with van der Waals surface area (Å²) in [5, 5.41) is 9.41. The third-order valence-corrected chi connectivity index (χ3v) is 3.91. The van der Waals surface area contributed by atoms with Gasteiger partial charge in [0.15, 0.2) is 5.78 Å². The molecule has 0 aliphatic heterocycles. The van der Waals surface area contributed by atoms with E-state index in [4.69, 9.17) is 0 Å². The Labute approximate surface area is 186 Å². The topological polar surface area (TPSA) is 50.2 Å². The van der Waals surface area contributed by atoms with Crippen LogP contribution < -0.4 is 0 Å². The molecule has 1 heterocycles. The van der Waals surface area contributed by atoms with Gasteiger partial charge in [-0.1, -0.05) is 49.1 Å². The minimum Gasteiger partial charge on any atom is -0.512 e. The Balaban J connectivity index is 0.000000289. The quantitative estimate of drug-likeness (QED) is 0.233. The minimum atomic E-state index is -0.125. The third kappa shape index (κ3) is 9.29. The van der Waals surface area contributed by atoms with Crippen LogP contribution in [-0.4, -0.2) is 15.9 Å². The molecule has 1 radical (unpaired) electrons. The number of aromatic nitrogens is 1. The van der Waals surface area contributed by atoms with Gasteiger partial charge in [0.2, 0.25) is 0 Å². The number of aliphatic hydroxyl groups excluding tert-OH is 1. The number of aryl methyl sites for hydroxylation is 1. The molecule has 0 atom stereocenters. The Morgan fingerprint density at radius 3 is 2.38 bits per heavy atom. The standard InChI is InChI=1S/C14H16O2.C11H8N.Ir/c1-3-12-4-6-13(7-5-12)8-9-14(16)10-11(2)15;1-2-6-10(7-3-1)11-8-4-5-9-12-11;/h3-7,10,16H,1,8-9H2,2H3;1-6,8-9H;/q;-1;/b14-10-;;. The van der Waals surface area contributed by atoms with Crippen LogP contribution in [0.1, 0.15) is 24.5 Å². The van der Waals surface area contributed by atoms with Crippen LogP contribution in [0, 0.1) is 6.07 Å². The van der Waals surface area contributed by atoms with Gasteiger partial charge in [0, 0.05) is 38.8 Å². The second-order valence-electron chi connectivity index (χ2n) is 6.18. The summed E-state index contributed by atoms with van der Waals surface area (Å²) in [5.74, 6) is 0.0137. The van der Waals surface area contributed by atoms with Crippen LogP contribution in [0.5, 0.6) is 0 Å². The zero-order valence-corrected chi connectivity index (χ0v) is 18.7. The summed E-state index contributed by atoms with van der Waals surface area (Å²) < 4.78 is 0. The Morgan fingerprint density at radius 1 is 1.10 bits per heavy atom. The van der Waals surface area contributed by atoms with Crippen molar-refractivity contribution in [3.05, 3.63) is 109 Å². The van der Waals surface area contributed by atoms with Gasteiger partial charge in [-0.15, -0.1) is 35.9 Å². The molecule has 3 aromatic rings.